The van der Waals surface area contributed by atoms with E-state index >= 15 is 0 Å². The number of ether oxygens (including phenoxy) is 2. The standard InChI is InChI=1S/C25H29N5O3/c1-19-5-2-6-20(15-19)18-27-29-24-16-21(30-10-13-32-14-11-30)17-25(28-24)33-12-4-7-22-23(31)8-3-9-26-22/h2-3,5-6,8-9,15-18,31H,4,7,10-14H2,1H3,(H,28,29)/b27-18+. The van der Waals surface area contributed by atoms with Crippen LogP contribution in [0.15, 0.2) is 59.8 Å². The lowest BCUT2D eigenvalue weighted by atomic mass is 10.2. The van der Waals surface area contributed by atoms with E-state index in [1.807, 2.05) is 24.3 Å². The molecule has 1 saturated heterocycles. The van der Waals surface area contributed by atoms with Gasteiger partial charge in [0.05, 0.1) is 31.7 Å². The highest BCUT2D eigenvalue weighted by Crippen LogP contribution is 2.25. The topological polar surface area (TPSA) is 92.1 Å². The summed E-state index contributed by atoms with van der Waals surface area (Å²) in [6.07, 6.45) is 4.79. The van der Waals surface area contributed by atoms with Gasteiger partial charge in [0.25, 0.3) is 0 Å². The number of pyridine rings is 2. The minimum absolute atomic E-state index is 0.211. The molecule has 0 radical (unpaired) electrons. The fraction of sp³-hybridized carbons (Fsp3) is 0.320. The van der Waals surface area contributed by atoms with E-state index in [1.54, 1.807) is 24.5 Å². The first-order valence-electron chi connectivity index (χ1n) is 11.1. The van der Waals surface area contributed by atoms with E-state index in [9.17, 15) is 5.11 Å². The third-order valence-corrected chi connectivity index (χ3v) is 5.27. The van der Waals surface area contributed by atoms with E-state index in [-0.39, 0.29) is 5.75 Å². The van der Waals surface area contributed by atoms with Crippen molar-refractivity contribution in [1.29, 1.82) is 0 Å². The van der Waals surface area contributed by atoms with Gasteiger partial charge in [-0.2, -0.15) is 10.1 Å². The molecule has 0 saturated carbocycles. The van der Waals surface area contributed by atoms with Crippen molar-refractivity contribution >= 4 is 17.7 Å². The molecule has 0 spiro atoms. The van der Waals surface area contributed by atoms with Crippen LogP contribution in [-0.2, 0) is 11.2 Å². The Balaban J connectivity index is 1.42. The molecule has 3 aromatic rings. The summed E-state index contributed by atoms with van der Waals surface area (Å²) in [5.41, 5.74) is 6.91. The Hall–Kier alpha value is -3.65. The molecule has 1 aromatic carbocycles. The molecule has 3 heterocycles. The number of benzene rings is 1. The van der Waals surface area contributed by atoms with Crippen LogP contribution in [0.3, 0.4) is 0 Å². The van der Waals surface area contributed by atoms with Gasteiger partial charge >= 0.3 is 0 Å². The van der Waals surface area contributed by atoms with E-state index in [4.69, 9.17) is 9.47 Å². The van der Waals surface area contributed by atoms with Gasteiger partial charge in [-0.25, -0.2) is 0 Å². The molecule has 0 atom stereocenters. The number of hydrogen-bond donors (Lipinski definition) is 2. The lowest BCUT2D eigenvalue weighted by Crippen LogP contribution is -2.36. The Labute approximate surface area is 193 Å². The smallest absolute Gasteiger partial charge is 0.217 e. The summed E-state index contributed by atoms with van der Waals surface area (Å²) in [6.45, 7) is 5.53. The fourth-order valence-corrected chi connectivity index (χ4v) is 3.59. The van der Waals surface area contributed by atoms with Gasteiger partial charge in [-0.15, -0.1) is 0 Å². The zero-order valence-electron chi connectivity index (χ0n) is 18.8. The van der Waals surface area contributed by atoms with Crippen LogP contribution in [0, 0.1) is 6.92 Å². The molecule has 172 valence electrons. The Bertz CT molecular complexity index is 1080. The predicted molar refractivity (Wildman–Crippen MR) is 129 cm³/mol. The number of rotatable bonds is 9. The molecule has 8 heteroatoms. The summed E-state index contributed by atoms with van der Waals surface area (Å²) in [6, 6.07) is 15.4. The number of morpholine rings is 1. The number of aromatic hydroxyl groups is 1. The fourth-order valence-electron chi connectivity index (χ4n) is 3.59. The van der Waals surface area contributed by atoms with E-state index < -0.39 is 0 Å². The third-order valence-electron chi connectivity index (χ3n) is 5.27. The second-order valence-corrected chi connectivity index (χ2v) is 7.85. The largest absolute Gasteiger partial charge is 0.506 e. The van der Waals surface area contributed by atoms with Crippen molar-refractivity contribution in [2.24, 2.45) is 5.10 Å². The molecule has 2 N–H and O–H groups in total. The normalized spacial score (nSPS) is 13.9. The van der Waals surface area contributed by atoms with Crippen molar-refractivity contribution < 1.29 is 14.6 Å². The number of hydrogen-bond acceptors (Lipinski definition) is 8. The second kappa shape index (κ2) is 11.3. The summed E-state index contributed by atoms with van der Waals surface area (Å²) >= 11 is 0. The maximum absolute atomic E-state index is 9.87. The van der Waals surface area contributed by atoms with Gasteiger partial charge in [-0.05, 0) is 37.5 Å². The Morgan fingerprint density at radius 2 is 2.06 bits per heavy atom. The van der Waals surface area contributed by atoms with Crippen molar-refractivity contribution in [3.8, 4) is 11.6 Å². The van der Waals surface area contributed by atoms with E-state index in [1.165, 1.54) is 5.56 Å². The summed E-state index contributed by atoms with van der Waals surface area (Å²) in [5.74, 6) is 1.35. The van der Waals surface area contributed by atoms with Gasteiger partial charge in [0.2, 0.25) is 5.88 Å². The molecule has 0 amide bonds. The van der Waals surface area contributed by atoms with Gasteiger partial charge in [-0.1, -0.05) is 29.8 Å². The highest BCUT2D eigenvalue weighted by Gasteiger charge is 2.14. The van der Waals surface area contributed by atoms with Crippen LogP contribution < -0.4 is 15.1 Å². The SMILES string of the molecule is Cc1cccc(/C=N/Nc2cc(N3CCOCC3)cc(OCCCc3ncccc3O)n2)c1. The van der Waals surface area contributed by atoms with Crippen LogP contribution >= 0.6 is 0 Å². The third kappa shape index (κ3) is 6.66. The van der Waals surface area contributed by atoms with Crippen LogP contribution in [0.1, 0.15) is 23.2 Å². The Kier molecular flexibility index (Phi) is 7.71. The molecule has 1 aliphatic rings. The van der Waals surface area contributed by atoms with Crippen LogP contribution in [0.2, 0.25) is 0 Å². The number of nitrogens with zero attached hydrogens (tertiary/aromatic N) is 4. The lowest BCUT2D eigenvalue weighted by Gasteiger charge is -2.29. The summed E-state index contributed by atoms with van der Waals surface area (Å²) < 4.78 is 11.4. The average molecular weight is 448 g/mol. The van der Waals surface area contributed by atoms with Crippen LogP contribution in [0.4, 0.5) is 11.5 Å². The van der Waals surface area contributed by atoms with Crippen LogP contribution in [-0.4, -0.2) is 54.2 Å². The van der Waals surface area contributed by atoms with Gasteiger partial charge in [-0.3, -0.25) is 10.4 Å². The first-order valence-corrected chi connectivity index (χ1v) is 11.1. The van der Waals surface area contributed by atoms with Crippen molar-refractivity contribution in [3.63, 3.8) is 0 Å². The van der Waals surface area contributed by atoms with Gasteiger partial charge in [0.15, 0.2) is 5.82 Å². The number of hydrazone groups is 1. The van der Waals surface area contributed by atoms with Crippen molar-refractivity contribution in [2.45, 2.75) is 19.8 Å². The van der Waals surface area contributed by atoms with Crippen molar-refractivity contribution in [2.75, 3.05) is 43.2 Å². The van der Waals surface area contributed by atoms with Crippen LogP contribution in [0.5, 0.6) is 11.6 Å². The van der Waals surface area contributed by atoms with Crippen molar-refractivity contribution in [1.82, 2.24) is 9.97 Å². The maximum atomic E-state index is 9.87. The molecule has 4 rings (SSSR count). The molecule has 1 aliphatic heterocycles. The molecule has 33 heavy (non-hydrogen) atoms. The first kappa shape index (κ1) is 22.5. The molecular formula is C25H29N5O3. The van der Waals surface area contributed by atoms with E-state index in [0.717, 1.165) is 24.3 Å². The van der Waals surface area contributed by atoms with E-state index in [2.05, 4.69) is 44.5 Å². The minimum atomic E-state index is 0.211. The van der Waals surface area contributed by atoms with Gasteiger partial charge in [0, 0.05) is 37.1 Å². The van der Waals surface area contributed by atoms with Gasteiger partial charge < -0.3 is 19.5 Å². The zero-order valence-corrected chi connectivity index (χ0v) is 18.8. The lowest BCUT2D eigenvalue weighted by molar-refractivity contribution is 0.122. The van der Waals surface area contributed by atoms with Gasteiger partial charge in [0.1, 0.15) is 5.75 Å². The first-order chi connectivity index (χ1) is 16.2. The zero-order chi connectivity index (χ0) is 22.9. The second-order valence-electron chi connectivity index (χ2n) is 7.85. The summed E-state index contributed by atoms with van der Waals surface area (Å²) in [4.78, 5) is 11.0. The highest BCUT2D eigenvalue weighted by molar-refractivity contribution is 5.80. The van der Waals surface area contributed by atoms with Crippen LogP contribution in [0.25, 0.3) is 0 Å². The molecular weight excluding hydrogens is 418 g/mol. The molecule has 0 unspecified atom stereocenters. The quantitative estimate of drug-likeness (QED) is 0.293. The number of nitrogens with one attached hydrogen (secondary N) is 1. The predicted octanol–water partition coefficient (Wildman–Crippen LogP) is 3.78. The molecule has 8 nitrogen and oxygen atoms in total. The summed E-state index contributed by atoms with van der Waals surface area (Å²) in [5, 5.41) is 14.2. The molecule has 1 fully saturated rings. The van der Waals surface area contributed by atoms with E-state index in [0.29, 0.717) is 50.1 Å². The number of anilines is 2. The maximum Gasteiger partial charge on any atom is 0.217 e. The number of aryl methyl sites for hydroxylation is 2. The summed E-state index contributed by atoms with van der Waals surface area (Å²) in [7, 11) is 0. The molecule has 0 aliphatic carbocycles. The molecule has 0 bridgehead atoms. The van der Waals surface area contributed by atoms with Crippen molar-refractivity contribution in [3.05, 3.63) is 71.5 Å². The highest BCUT2D eigenvalue weighted by atomic mass is 16.5. The minimum Gasteiger partial charge on any atom is -0.506 e. The monoisotopic (exact) mass is 447 g/mol. The number of aromatic nitrogens is 2. The average Bonchev–Trinajstić information content (AvgIpc) is 2.83. The Morgan fingerprint density at radius 1 is 1.18 bits per heavy atom. The Morgan fingerprint density at radius 3 is 2.88 bits per heavy atom. The molecule has 2 aromatic heterocycles.